The zero-order chi connectivity index (χ0) is 18.8. The molecule has 4 aromatic rings. The number of fused-ring (bicyclic) bond motifs is 1. The molecule has 0 bridgehead atoms. The molecule has 0 saturated carbocycles. The molecule has 136 valence electrons. The number of nitrogens with one attached hydrogen (secondary N) is 2. The summed E-state index contributed by atoms with van der Waals surface area (Å²) in [5, 5.41) is 14.3. The van der Waals surface area contributed by atoms with Crippen molar-refractivity contribution >= 4 is 16.9 Å². The van der Waals surface area contributed by atoms with E-state index in [1.54, 1.807) is 12.1 Å². The number of H-pyrrole nitrogens is 1. The fraction of sp³-hybridized carbons (Fsp3) is 0.211. The molecule has 0 spiro atoms. The van der Waals surface area contributed by atoms with Gasteiger partial charge in [-0.05, 0) is 40.6 Å². The van der Waals surface area contributed by atoms with E-state index in [-0.39, 0.29) is 17.9 Å². The Bertz CT molecular complexity index is 1040. The lowest BCUT2D eigenvalue weighted by Gasteiger charge is -2.21. The number of tetrazole rings is 1. The van der Waals surface area contributed by atoms with Crippen LogP contribution >= 0.6 is 0 Å². The van der Waals surface area contributed by atoms with Crippen LogP contribution in [0.25, 0.3) is 16.7 Å². The second kappa shape index (κ2) is 6.99. The van der Waals surface area contributed by atoms with E-state index in [0.717, 1.165) is 16.9 Å². The van der Waals surface area contributed by atoms with Crippen LogP contribution in [0.5, 0.6) is 0 Å². The number of benzene rings is 2. The molecule has 8 nitrogen and oxygen atoms in total. The zero-order valence-corrected chi connectivity index (χ0v) is 15.0. The molecule has 1 amide bonds. The van der Waals surface area contributed by atoms with Crippen LogP contribution in [0.3, 0.4) is 0 Å². The Morgan fingerprint density at radius 1 is 1.11 bits per heavy atom. The van der Waals surface area contributed by atoms with E-state index in [4.69, 9.17) is 0 Å². The van der Waals surface area contributed by atoms with Crippen molar-refractivity contribution in [3.63, 3.8) is 0 Å². The molecular formula is C19H19N7O. The van der Waals surface area contributed by atoms with Gasteiger partial charge in [0, 0.05) is 0 Å². The first-order chi connectivity index (χ1) is 13.1. The lowest BCUT2D eigenvalue weighted by molar-refractivity contribution is 0.0923. The van der Waals surface area contributed by atoms with Crippen molar-refractivity contribution < 1.29 is 4.79 Å². The smallest absolute Gasteiger partial charge is 0.254 e. The van der Waals surface area contributed by atoms with Crippen molar-refractivity contribution in [1.82, 2.24) is 35.5 Å². The van der Waals surface area contributed by atoms with Crippen molar-refractivity contribution in [1.29, 1.82) is 0 Å². The van der Waals surface area contributed by atoms with Crippen LogP contribution in [-0.4, -0.2) is 36.1 Å². The fourth-order valence-electron chi connectivity index (χ4n) is 3.03. The monoisotopic (exact) mass is 361 g/mol. The lowest BCUT2D eigenvalue weighted by atomic mass is 10.0. The average Bonchev–Trinajstić information content (AvgIpc) is 3.35. The highest BCUT2D eigenvalue weighted by atomic mass is 16.1. The number of imidazole rings is 1. The third-order valence-corrected chi connectivity index (χ3v) is 4.40. The Labute approximate surface area is 155 Å². The predicted molar refractivity (Wildman–Crippen MR) is 100 cm³/mol. The standard InChI is InChI=1S/C19H19N7O/c1-12(2)17(18-21-14-8-4-5-9-15(14)22-18)23-19(27)13-7-3-6-10-16(13)26-11-20-24-25-26/h3-12,17H,1-2H3,(H,21,22)(H,23,27). The van der Waals surface area contributed by atoms with E-state index in [1.165, 1.54) is 11.0 Å². The molecule has 8 heteroatoms. The molecule has 0 aliphatic heterocycles. The summed E-state index contributed by atoms with van der Waals surface area (Å²) in [6.45, 7) is 4.09. The summed E-state index contributed by atoms with van der Waals surface area (Å²) < 4.78 is 1.47. The van der Waals surface area contributed by atoms with Gasteiger partial charge in [-0.2, -0.15) is 4.68 Å². The number of hydrogen-bond acceptors (Lipinski definition) is 5. The Balaban J connectivity index is 1.66. The van der Waals surface area contributed by atoms with Crippen LogP contribution in [0.1, 0.15) is 36.1 Å². The molecule has 2 heterocycles. The summed E-state index contributed by atoms with van der Waals surface area (Å²) in [6.07, 6.45) is 1.46. The average molecular weight is 361 g/mol. The number of para-hydroxylation sites is 3. The summed E-state index contributed by atoms with van der Waals surface area (Å²) >= 11 is 0. The number of aromatic amines is 1. The molecule has 2 aromatic heterocycles. The summed E-state index contributed by atoms with van der Waals surface area (Å²) in [5.41, 5.74) is 2.93. The zero-order valence-electron chi connectivity index (χ0n) is 15.0. The molecule has 2 N–H and O–H groups in total. The minimum Gasteiger partial charge on any atom is -0.342 e. The van der Waals surface area contributed by atoms with Gasteiger partial charge < -0.3 is 10.3 Å². The van der Waals surface area contributed by atoms with E-state index in [2.05, 4.69) is 30.8 Å². The highest BCUT2D eigenvalue weighted by molar-refractivity contribution is 5.98. The Morgan fingerprint density at radius 2 is 1.89 bits per heavy atom. The fourth-order valence-corrected chi connectivity index (χ4v) is 3.03. The molecule has 0 radical (unpaired) electrons. The maximum atomic E-state index is 13.0. The van der Waals surface area contributed by atoms with Crippen molar-refractivity contribution in [3.8, 4) is 5.69 Å². The molecule has 2 aromatic carbocycles. The summed E-state index contributed by atoms with van der Waals surface area (Å²) in [7, 11) is 0. The number of amides is 1. The topological polar surface area (TPSA) is 101 Å². The maximum absolute atomic E-state index is 13.0. The van der Waals surface area contributed by atoms with E-state index in [1.807, 2.05) is 50.2 Å². The van der Waals surface area contributed by atoms with Gasteiger partial charge >= 0.3 is 0 Å². The van der Waals surface area contributed by atoms with E-state index in [9.17, 15) is 4.79 Å². The Kier molecular flexibility index (Phi) is 4.37. The summed E-state index contributed by atoms with van der Waals surface area (Å²) in [6, 6.07) is 14.8. The first kappa shape index (κ1) is 16.9. The van der Waals surface area contributed by atoms with Crippen LogP contribution in [-0.2, 0) is 0 Å². The number of hydrogen-bond donors (Lipinski definition) is 2. The minimum atomic E-state index is -0.258. The molecule has 0 saturated heterocycles. The lowest BCUT2D eigenvalue weighted by Crippen LogP contribution is -2.33. The minimum absolute atomic E-state index is 0.148. The van der Waals surface area contributed by atoms with Crippen molar-refractivity contribution in [2.24, 2.45) is 5.92 Å². The van der Waals surface area contributed by atoms with Gasteiger partial charge in [-0.3, -0.25) is 4.79 Å². The van der Waals surface area contributed by atoms with Gasteiger partial charge in [-0.15, -0.1) is 5.10 Å². The first-order valence-electron chi connectivity index (χ1n) is 8.71. The van der Waals surface area contributed by atoms with Crippen LogP contribution in [0, 0.1) is 5.92 Å². The molecule has 0 aliphatic carbocycles. The van der Waals surface area contributed by atoms with Crippen LogP contribution in [0.15, 0.2) is 54.9 Å². The van der Waals surface area contributed by atoms with Crippen molar-refractivity contribution in [2.45, 2.75) is 19.9 Å². The second-order valence-corrected chi connectivity index (χ2v) is 6.61. The molecule has 4 rings (SSSR count). The first-order valence-corrected chi connectivity index (χ1v) is 8.71. The highest BCUT2D eigenvalue weighted by Gasteiger charge is 2.24. The molecule has 0 fully saturated rings. The third kappa shape index (κ3) is 3.29. The maximum Gasteiger partial charge on any atom is 0.254 e. The van der Waals surface area contributed by atoms with Gasteiger partial charge in [-0.25, -0.2) is 4.98 Å². The number of nitrogens with zero attached hydrogens (tertiary/aromatic N) is 5. The number of rotatable bonds is 5. The molecule has 1 unspecified atom stereocenters. The summed E-state index contributed by atoms with van der Waals surface area (Å²) in [5.74, 6) is 0.675. The number of carbonyl (C=O) groups is 1. The van der Waals surface area contributed by atoms with Gasteiger partial charge in [-0.1, -0.05) is 38.1 Å². The highest BCUT2D eigenvalue weighted by Crippen LogP contribution is 2.23. The van der Waals surface area contributed by atoms with E-state index in [0.29, 0.717) is 11.3 Å². The Hall–Kier alpha value is -3.55. The van der Waals surface area contributed by atoms with Crippen LogP contribution in [0.4, 0.5) is 0 Å². The molecule has 0 aliphatic rings. The Morgan fingerprint density at radius 3 is 2.63 bits per heavy atom. The van der Waals surface area contributed by atoms with Gasteiger partial charge in [0.1, 0.15) is 12.2 Å². The van der Waals surface area contributed by atoms with Gasteiger partial charge in [0.25, 0.3) is 5.91 Å². The van der Waals surface area contributed by atoms with Crippen LogP contribution in [0.2, 0.25) is 0 Å². The largest absolute Gasteiger partial charge is 0.342 e. The second-order valence-electron chi connectivity index (χ2n) is 6.61. The van der Waals surface area contributed by atoms with Crippen molar-refractivity contribution in [3.05, 3.63) is 66.2 Å². The number of aromatic nitrogens is 6. The van der Waals surface area contributed by atoms with Crippen LogP contribution < -0.4 is 5.32 Å². The third-order valence-electron chi connectivity index (χ3n) is 4.40. The molecular weight excluding hydrogens is 342 g/mol. The molecule has 1 atom stereocenters. The predicted octanol–water partition coefficient (Wildman–Crippen LogP) is 2.67. The van der Waals surface area contributed by atoms with Gasteiger partial charge in [0.05, 0.1) is 28.3 Å². The number of carbonyl (C=O) groups excluding carboxylic acids is 1. The quantitative estimate of drug-likeness (QED) is 0.569. The van der Waals surface area contributed by atoms with Crippen molar-refractivity contribution in [2.75, 3.05) is 0 Å². The SMILES string of the molecule is CC(C)C(NC(=O)c1ccccc1-n1cnnn1)c1nc2ccccc2[nH]1. The van der Waals surface area contributed by atoms with E-state index >= 15 is 0 Å². The van der Waals surface area contributed by atoms with E-state index < -0.39 is 0 Å². The van der Waals surface area contributed by atoms with Gasteiger partial charge in [0.15, 0.2) is 0 Å². The van der Waals surface area contributed by atoms with Gasteiger partial charge in [0.2, 0.25) is 0 Å². The molecule has 27 heavy (non-hydrogen) atoms. The normalized spacial score (nSPS) is 12.4. The summed E-state index contributed by atoms with van der Waals surface area (Å²) in [4.78, 5) is 21.0.